The fourth-order valence-electron chi connectivity index (χ4n) is 2.87. The molecule has 0 aromatic heterocycles. The first-order valence-electron chi connectivity index (χ1n) is 9.76. The third-order valence-electron chi connectivity index (χ3n) is 4.57. The molecule has 3 aromatic rings. The highest BCUT2D eigenvalue weighted by atomic mass is 35.5. The Morgan fingerprint density at radius 1 is 0.875 bits per heavy atom. The molecule has 0 spiro atoms. The lowest BCUT2D eigenvalue weighted by atomic mass is 10.2. The molecule has 0 saturated heterocycles. The summed E-state index contributed by atoms with van der Waals surface area (Å²) in [6, 6.07) is 18.6. The van der Waals surface area contributed by atoms with Crippen LogP contribution in [-0.2, 0) is 4.79 Å². The van der Waals surface area contributed by atoms with Crippen LogP contribution in [0.2, 0.25) is 5.02 Å². The summed E-state index contributed by atoms with van der Waals surface area (Å²) >= 11 is 6.09. The van der Waals surface area contributed by atoms with Crippen molar-refractivity contribution in [1.29, 1.82) is 0 Å². The maximum absolute atomic E-state index is 12.5. The van der Waals surface area contributed by atoms with Crippen molar-refractivity contribution >= 4 is 34.8 Å². The van der Waals surface area contributed by atoms with Crippen LogP contribution in [0.1, 0.15) is 17.3 Å². The molecule has 0 unspecified atom stereocenters. The van der Waals surface area contributed by atoms with Gasteiger partial charge in [-0.25, -0.2) is 0 Å². The van der Waals surface area contributed by atoms with Gasteiger partial charge < -0.3 is 24.8 Å². The molecule has 1 atom stereocenters. The number of para-hydroxylation sites is 2. The molecule has 0 saturated carbocycles. The SMILES string of the molecule is COc1ccc(NC(=O)c2ccc(O[C@H](C)C(=O)Nc3ccccc3OC)cc2)cc1Cl. The van der Waals surface area contributed by atoms with Gasteiger partial charge in [0.2, 0.25) is 0 Å². The van der Waals surface area contributed by atoms with E-state index in [1.165, 1.54) is 14.2 Å². The van der Waals surface area contributed by atoms with E-state index in [-0.39, 0.29) is 11.8 Å². The van der Waals surface area contributed by atoms with Crippen molar-refractivity contribution < 1.29 is 23.8 Å². The van der Waals surface area contributed by atoms with E-state index < -0.39 is 6.10 Å². The Labute approximate surface area is 191 Å². The zero-order valence-electron chi connectivity index (χ0n) is 17.8. The van der Waals surface area contributed by atoms with Crippen molar-refractivity contribution in [2.45, 2.75) is 13.0 Å². The molecule has 8 heteroatoms. The highest BCUT2D eigenvalue weighted by Gasteiger charge is 2.17. The van der Waals surface area contributed by atoms with Crippen molar-refractivity contribution in [3.63, 3.8) is 0 Å². The van der Waals surface area contributed by atoms with E-state index >= 15 is 0 Å². The van der Waals surface area contributed by atoms with Crippen molar-refractivity contribution in [3.8, 4) is 17.2 Å². The third kappa shape index (κ3) is 5.70. The molecular formula is C24H23ClN2O5. The zero-order chi connectivity index (χ0) is 23.1. The van der Waals surface area contributed by atoms with Crippen LogP contribution >= 0.6 is 11.6 Å². The number of benzene rings is 3. The van der Waals surface area contributed by atoms with Gasteiger partial charge in [0.25, 0.3) is 11.8 Å². The number of hydrogen-bond donors (Lipinski definition) is 2. The van der Waals surface area contributed by atoms with Gasteiger partial charge in [-0.1, -0.05) is 23.7 Å². The third-order valence-corrected chi connectivity index (χ3v) is 4.87. The fraction of sp³-hybridized carbons (Fsp3) is 0.167. The minimum absolute atomic E-state index is 0.306. The maximum atomic E-state index is 12.5. The lowest BCUT2D eigenvalue weighted by molar-refractivity contribution is -0.122. The van der Waals surface area contributed by atoms with Crippen molar-refractivity contribution in [2.75, 3.05) is 24.9 Å². The smallest absolute Gasteiger partial charge is 0.265 e. The molecule has 3 aromatic carbocycles. The molecule has 2 amide bonds. The van der Waals surface area contributed by atoms with Gasteiger partial charge in [0.05, 0.1) is 24.9 Å². The summed E-state index contributed by atoms with van der Waals surface area (Å²) in [5, 5.41) is 5.95. The topological polar surface area (TPSA) is 85.9 Å². The molecule has 0 aliphatic rings. The first-order valence-corrected chi connectivity index (χ1v) is 10.1. The van der Waals surface area contributed by atoms with E-state index in [1.807, 2.05) is 6.07 Å². The molecule has 3 rings (SSSR count). The Morgan fingerprint density at radius 3 is 2.22 bits per heavy atom. The maximum Gasteiger partial charge on any atom is 0.265 e. The second-order valence-corrected chi connectivity index (χ2v) is 7.18. The molecule has 0 bridgehead atoms. The van der Waals surface area contributed by atoms with Gasteiger partial charge in [-0.3, -0.25) is 9.59 Å². The van der Waals surface area contributed by atoms with E-state index in [0.717, 1.165) is 0 Å². The van der Waals surface area contributed by atoms with Gasteiger partial charge in [-0.15, -0.1) is 0 Å². The lowest BCUT2D eigenvalue weighted by Crippen LogP contribution is -2.30. The van der Waals surface area contributed by atoms with Gasteiger partial charge >= 0.3 is 0 Å². The summed E-state index contributed by atoms with van der Waals surface area (Å²) in [4.78, 5) is 24.9. The minimum Gasteiger partial charge on any atom is -0.495 e. The molecule has 7 nitrogen and oxygen atoms in total. The van der Waals surface area contributed by atoms with Crippen LogP contribution in [0.5, 0.6) is 17.2 Å². The monoisotopic (exact) mass is 454 g/mol. The highest BCUT2D eigenvalue weighted by molar-refractivity contribution is 6.32. The lowest BCUT2D eigenvalue weighted by Gasteiger charge is -2.16. The molecule has 0 fully saturated rings. The number of nitrogens with one attached hydrogen (secondary N) is 2. The van der Waals surface area contributed by atoms with Gasteiger partial charge in [-0.05, 0) is 61.5 Å². The van der Waals surface area contributed by atoms with E-state index in [0.29, 0.717) is 39.2 Å². The van der Waals surface area contributed by atoms with E-state index in [2.05, 4.69) is 10.6 Å². The van der Waals surface area contributed by atoms with Crippen molar-refractivity contribution in [2.24, 2.45) is 0 Å². The summed E-state index contributed by atoms with van der Waals surface area (Å²) in [5.41, 5.74) is 1.53. The predicted octanol–water partition coefficient (Wildman–Crippen LogP) is 5.02. The van der Waals surface area contributed by atoms with E-state index in [9.17, 15) is 9.59 Å². The largest absolute Gasteiger partial charge is 0.495 e. The Kier molecular flexibility index (Phi) is 7.57. The first-order chi connectivity index (χ1) is 15.4. The van der Waals surface area contributed by atoms with Crippen LogP contribution in [-0.4, -0.2) is 32.1 Å². The summed E-state index contributed by atoms with van der Waals surface area (Å²) in [7, 11) is 3.05. The second-order valence-electron chi connectivity index (χ2n) is 6.78. The molecule has 0 radical (unpaired) electrons. The zero-order valence-corrected chi connectivity index (χ0v) is 18.6. The highest BCUT2D eigenvalue weighted by Crippen LogP contribution is 2.27. The number of methoxy groups -OCH3 is 2. The number of anilines is 2. The van der Waals surface area contributed by atoms with Crippen molar-refractivity contribution in [1.82, 2.24) is 0 Å². The normalized spacial score (nSPS) is 11.2. The Balaban J connectivity index is 1.59. The van der Waals surface area contributed by atoms with E-state index in [4.69, 9.17) is 25.8 Å². The molecule has 0 heterocycles. The van der Waals surface area contributed by atoms with Crippen molar-refractivity contribution in [3.05, 3.63) is 77.3 Å². The number of hydrogen-bond acceptors (Lipinski definition) is 5. The second kappa shape index (κ2) is 10.5. The minimum atomic E-state index is -0.763. The van der Waals surface area contributed by atoms with Crippen LogP contribution < -0.4 is 24.8 Å². The predicted molar refractivity (Wildman–Crippen MR) is 124 cm³/mol. The Bertz CT molecular complexity index is 1100. The number of carbonyl (C=O) groups excluding carboxylic acids is 2. The summed E-state index contributed by atoms with van der Waals surface area (Å²) < 4.78 is 16.0. The van der Waals surface area contributed by atoms with Crippen LogP contribution in [0, 0.1) is 0 Å². The first kappa shape index (κ1) is 23.0. The standard InChI is InChI=1S/C24H23ClN2O5/c1-15(23(28)27-20-6-4-5-7-22(20)31-3)32-18-11-8-16(9-12-18)24(29)26-17-10-13-21(30-2)19(25)14-17/h4-15H,1-3H3,(H,26,29)(H,27,28)/t15-/m1/s1. The van der Waals surface area contributed by atoms with E-state index in [1.54, 1.807) is 67.6 Å². The average Bonchev–Trinajstić information content (AvgIpc) is 2.80. The average molecular weight is 455 g/mol. The molecule has 2 N–H and O–H groups in total. The quantitative estimate of drug-likeness (QED) is 0.499. The molecule has 166 valence electrons. The number of amides is 2. The summed E-state index contributed by atoms with van der Waals surface area (Å²) in [6.45, 7) is 1.64. The van der Waals surface area contributed by atoms with Gasteiger partial charge in [0.1, 0.15) is 17.2 Å². The van der Waals surface area contributed by atoms with Crippen LogP contribution in [0.15, 0.2) is 66.7 Å². The fourth-order valence-corrected chi connectivity index (χ4v) is 3.13. The van der Waals surface area contributed by atoms with Crippen LogP contribution in [0.25, 0.3) is 0 Å². The molecule has 0 aliphatic heterocycles. The summed E-state index contributed by atoms with van der Waals surface area (Å²) in [6.07, 6.45) is -0.763. The summed E-state index contributed by atoms with van der Waals surface area (Å²) in [5.74, 6) is 0.903. The van der Waals surface area contributed by atoms with Gasteiger partial charge in [0.15, 0.2) is 6.10 Å². The van der Waals surface area contributed by atoms with Gasteiger partial charge in [0, 0.05) is 11.3 Å². The Hall–Kier alpha value is -3.71. The van der Waals surface area contributed by atoms with Gasteiger partial charge in [-0.2, -0.15) is 0 Å². The van der Waals surface area contributed by atoms with Crippen LogP contribution in [0.4, 0.5) is 11.4 Å². The Morgan fingerprint density at radius 2 is 1.56 bits per heavy atom. The number of halogens is 1. The number of rotatable bonds is 8. The molecular weight excluding hydrogens is 432 g/mol. The van der Waals surface area contributed by atoms with Crippen LogP contribution in [0.3, 0.4) is 0 Å². The molecule has 32 heavy (non-hydrogen) atoms. The number of ether oxygens (including phenoxy) is 3. The molecule has 0 aliphatic carbocycles. The number of carbonyl (C=O) groups is 2.